The molecule has 0 aromatic heterocycles. The Morgan fingerprint density at radius 3 is 1.33 bits per heavy atom. The molecule has 2 N–H and O–H groups in total. The Morgan fingerprint density at radius 2 is 1.03 bits per heavy atom. The van der Waals surface area contributed by atoms with Crippen LogP contribution < -0.4 is 10.6 Å². The number of thioether (sulfide) groups is 2. The van der Waals surface area contributed by atoms with E-state index in [4.69, 9.17) is 0 Å². The van der Waals surface area contributed by atoms with Crippen LogP contribution in [0.15, 0.2) is 21.2 Å². The third-order valence-electron chi connectivity index (χ3n) is 8.10. The first-order valence-electron chi connectivity index (χ1n) is 12.4. The molecule has 0 unspecified atom stereocenters. The predicted molar refractivity (Wildman–Crippen MR) is 136 cm³/mol. The maximum absolute atomic E-state index is 12.8. The van der Waals surface area contributed by atoms with E-state index in [-0.39, 0.29) is 11.8 Å². The van der Waals surface area contributed by atoms with Gasteiger partial charge >= 0.3 is 0 Å². The van der Waals surface area contributed by atoms with Crippen molar-refractivity contribution in [2.45, 2.75) is 64.2 Å². The van der Waals surface area contributed by atoms with Crippen molar-refractivity contribution < 1.29 is 9.59 Å². The molecule has 36 heavy (non-hydrogen) atoms. The van der Waals surface area contributed by atoms with Gasteiger partial charge in [0.15, 0.2) is 0 Å². The first kappa shape index (κ1) is 26.2. The fourth-order valence-corrected chi connectivity index (χ4v) is 8.58. The average Bonchev–Trinajstić information content (AvgIpc) is 2.88. The lowest BCUT2D eigenvalue weighted by Crippen LogP contribution is -2.48. The standard InChI is InChI=1S/C26H28N6O2S2/c27-13-17-21(33)31-23(19(15-29)25(17)7-3-1-4-8-25)35-11-12-36-24-20(16-30)26(9-5-2-6-10-26)18(14-28)22(34)32-24/h17-18H,1-12H2,(H,31,33)(H,32,34)/t17-,18-/m1/s1. The van der Waals surface area contributed by atoms with E-state index in [1.807, 2.05) is 0 Å². The van der Waals surface area contributed by atoms with E-state index in [0.717, 1.165) is 38.5 Å². The zero-order chi connectivity index (χ0) is 25.8. The molecular weight excluding hydrogens is 492 g/mol. The molecule has 2 aliphatic carbocycles. The molecule has 4 rings (SSSR count). The second-order valence-corrected chi connectivity index (χ2v) is 12.1. The minimum atomic E-state index is -0.855. The topological polar surface area (TPSA) is 153 Å². The van der Waals surface area contributed by atoms with Gasteiger partial charge in [-0.2, -0.15) is 21.0 Å². The van der Waals surface area contributed by atoms with Crippen LogP contribution in [-0.4, -0.2) is 23.3 Å². The highest BCUT2D eigenvalue weighted by atomic mass is 32.2. The van der Waals surface area contributed by atoms with Gasteiger partial charge in [0.1, 0.15) is 11.8 Å². The minimum Gasteiger partial charge on any atom is -0.319 e. The molecule has 4 aliphatic rings. The Hall–Kier alpha value is -2.92. The number of nitriles is 4. The summed E-state index contributed by atoms with van der Waals surface area (Å²) in [5.74, 6) is -1.33. The van der Waals surface area contributed by atoms with E-state index in [9.17, 15) is 30.6 Å². The number of carbonyl (C=O) groups excluding carboxylic acids is 2. The maximum atomic E-state index is 12.8. The van der Waals surface area contributed by atoms with Crippen molar-refractivity contribution in [1.29, 1.82) is 21.0 Å². The average molecular weight is 521 g/mol. The summed E-state index contributed by atoms with van der Waals surface area (Å²) < 4.78 is 0. The number of carbonyl (C=O) groups is 2. The van der Waals surface area contributed by atoms with E-state index in [1.54, 1.807) is 0 Å². The van der Waals surface area contributed by atoms with Crippen LogP contribution in [0.4, 0.5) is 0 Å². The van der Waals surface area contributed by atoms with Gasteiger partial charge in [-0.25, -0.2) is 0 Å². The van der Waals surface area contributed by atoms with Crippen molar-refractivity contribution in [1.82, 2.24) is 10.6 Å². The van der Waals surface area contributed by atoms with Crippen LogP contribution in [0.2, 0.25) is 0 Å². The van der Waals surface area contributed by atoms with Crippen LogP contribution >= 0.6 is 23.5 Å². The van der Waals surface area contributed by atoms with Crippen molar-refractivity contribution in [3.63, 3.8) is 0 Å². The molecule has 2 fully saturated rings. The highest BCUT2D eigenvalue weighted by Gasteiger charge is 2.52. The summed E-state index contributed by atoms with van der Waals surface area (Å²) in [5.41, 5.74) is -0.422. The van der Waals surface area contributed by atoms with Crippen LogP contribution in [0.3, 0.4) is 0 Å². The van der Waals surface area contributed by atoms with Gasteiger partial charge in [-0.1, -0.05) is 38.5 Å². The number of nitrogens with one attached hydrogen (secondary N) is 2. The Kier molecular flexibility index (Phi) is 7.99. The Bertz CT molecular complexity index is 1070. The summed E-state index contributed by atoms with van der Waals surface area (Å²) in [6.07, 6.45) is 8.27. The molecule has 2 atom stereocenters. The summed E-state index contributed by atoms with van der Waals surface area (Å²) in [5, 5.41) is 46.1. The molecule has 10 heteroatoms. The molecule has 0 radical (unpaired) electrons. The molecule has 2 saturated carbocycles. The molecule has 0 aromatic carbocycles. The lowest BCUT2D eigenvalue weighted by atomic mass is 9.61. The summed E-state index contributed by atoms with van der Waals surface area (Å²) in [7, 11) is 0. The largest absolute Gasteiger partial charge is 0.319 e. The van der Waals surface area contributed by atoms with Crippen LogP contribution in [0.5, 0.6) is 0 Å². The quantitative estimate of drug-likeness (QED) is 0.507. The number of hydrogen-bond donors (Lipinski definition) is 2. The fraction of sp³-hybridized carbons (Fsp3) is 0.615. The monoisotopic (exact) mass is 520 g/mol. The summed E-state index contributed by atoms with van der Waals surface area (Å²) >= 11 is 2.74. The number of allylic oxidation sites excluding steroid dienone is 2. The Morgan fingerprint density at radius 1 is 0.667 bits per heavy atom. The third kappa shape index (κ3) is 4.39. The van der Waals surface area contributed by atoms with Gasteiger partial charge in [0.25, 0.3) is 0 Å². The van der Waals surface area contributed by atoms with Gasteiger partial charge in [0.05, 0.1) is 45.5 Å². The first-order chi connectivity index (χ1) is 17.5. The SMILES string of the molecule is N#CC1=C(SCCSC2=C(C#N)C3(CCCCC3)[C@H](C#N)C(=O)N2)NC(=O)[C@@H](C#N)C12CCCCC2. The van der Waals surface area contributed by atoms with Gasteiger partial charge < -0.3 is 10.6 Å². The van der Waals surface area contributed by atoms with Crippen molar-refractivity contribution in [3.8, 4) is 24.3 Å². The van der Waals surface area contributed by atoms with E-state index >= 15 is 0 Å². The molecule has 8 nitrogen and oxygen atoms in total. The summed E-state index contributed by atoms with van der Waals surface area (Å²) in [6.45, 7) is 0. The van der Waals surface area contributed by atoms with Crippen molar-refractivity contribution in [2.75, 3.05) is 11.5 Å². The van der Waals surface area contributed by atoms with E-state index < -0.39 is 22.7 Å². The van der Waals surface area contributed by atoms with Crippen LogP contribution in [0.25, 0.3) is 0 Å². The summed E-state index contributed by atoms with van der Waals surface area (Å²) in [6, 6.07) is 8.92. The Balaban J connectivity index is 1.52. The van der Waals surface area contributed by atoms with E-state index in [1.165, 1.54) is 23.5 Å². The predicted octanol–water partition coefficient (Wildman–Crippen LogP) is 4.36. The van der Waals surface area contributed by atoms with Crippen LogP contribution in [0, 0.1) is 68.0 Å². The molecular formula is C26H28N6O2S2. The second kappa shape index (κ2) is 11.0. The fourth-order valence-electron chi connectivity index (χ4n) is 6.37. The van der Waals surface area contributed by atoms with Crippen molar-refractivity contribution in [3.05, 3.63) is 21.2 Å². The minimum absolute atomic E-state index is 0.343. The zero-order valence-corrected chi connectivity index (χ0v) is 21.7. The molecule has 0 saturated heterocycles. The van der Waals surface area contributed by atoms with Gasteiger partial charge in [-0.15, -0.1) is 23.5 Å². The van der Waals surface area contributed by atoms with E-state index in [0.29, 0.717) is 58.4 Å². The number of nitrogens with zero attached hydrogens (tertiary/aromatic N) is 4. The molecule has 2 aliphatic heterocycles. The number of rotatable bonds is 5. The normalized spacial score (nSPS) is 26.9. The van der Waals surface area contributed by atoms with E-state index in [2.05, 4.69) is 34.9 Å². The lowest BCUT2D eigenvalue weighted by Gasteiger charge is -2.43. The Labute approximate surface area is 220 Å². The lowest BCUT2D eigenvalue weighted by molar-refractivity contribution is -0.127. The number of hydrogen-bond acceptors (Lipinski definition) is 8. The van der Waals surface area contributed by atoms with Gasteiger partial charge in [-0.05, 0) is 25.7 Å². The van der Waals surface area contributed by atoms with Crippen LogP contribution in [-0.2, 0) is 9.59 Å². The summed E-state index contributed by atoms with van der Waals surface area (Å²) in [4.78, 5) is 25.6. The highest BCUT2D eigenvalue weighted by molar-refractivity contribution is 8.06. The third-order valence-corrected chi connectivity index (χ3v) is 10.4. The zero-order valence-electron chi connectivity index (χ0n) is 20.1. The molecule has 186 valence electrons. The molecule has 2 amide bonds. The maximum Gasteiger partial charge on any atom is 0.243 e. The van der Waals surface area contributed by atoms with Gasteiger partial charge in [-0.3, -0.25) is 9.59 Å². The smallest absolute Gasteiger partial charge is 0.243 e. The van der Waals surface area contributed by atoms with Crippen LogP contribution in [0.1, 0.15) is 64.2 Å². The molecule has 0 aromatic rings. The van der Waals surface area contributed by atoms with Gasteiger partial charge in [0.2, 0.25) is 11.8 Å². The molecule has 0 bridgehead atoms. The first-order valence-corrected chi connectivity index (χ1v) is 14.4. The molecule has 2 spiro atoms. The number of amides is 2. The van der Waals surface area contributed by atoms with Crippen molar-refractivity contribution in [2.24, 2.45) is 22.7 Å². The second-order valence-electron chi connectivity index (χ2n) is 9.87. The van der Waals surface area contributed by atoms with Crippen molar-refractivity contribution >= 4 is 35.3 Å². The molecule has 2 heterocycles. The highest BCUT2D eigenvalue weighted by Crippen LogP contribution is 2.53. The van der Waals surface area contributed by atoms with Gasteiger partial charge in [0, 0.05) is 22.3 Å².